The van der Waals surface area contributed by atoms with E-state index in [4.69, 9.17) is 42.4 Å². The molecular weight excluding hydrogens is 734 g/mol. The maximum atomic E-state index is 14.0. The number of methoxy groups -OCH3 is 3. The number of benzene rings is 4. The third-order valence-corrected chi connectivity index (χ3v) is 11.8. The van der Waals surface area contributed by atoms with Crippen molar-refractivity contribution in [1.29, 1.82) is 0 Å². The monoisotopic (exact) mass is 776 g/mol. The summed E-state index contributed by atoms with van der Waals surface area (Å²) in [6.07, 6.45) is 0.428. The summed E-state index contributed by atoms with van der Waals surface area (Å²) in [5, 5.41) is 24.8. The van der Waals surface area contributed by atoms with Crippen molar-refractivity contribution in [2.45, 2.75) is 42.9 Å². The quantitative estimate of drug-likeness (QED) is 0.153. The Morgan fingerprint density at radius 3 is 2.31 bits per heavy atom. The smallest absolute Gasteiger partial charge is 0.254 e. The van der Waals surface area contributed by atoms with Crippen LogP contribution in [0.4, 0.5) is 4.39 Å². The number of fused-ring (bicyclic) bond motifs is 1. The van der Waals surface area contributed by atoms with Crippen molar-refractivity contribution in [3.05, 3.63) is 117 Å². The van der Waals surface area contributed by atoms with Crippen LogP contribution in [0, 0.1) is 5.82 Å². The fourth-order valence-electron chi connectivity index (χ4n) is 8.00. The van der Waals surface area contributed by atoms with E-state index >= 15 is 0 Å². The fourth-order valence-corrected chi connectivity index (χ4v) is 8.30. The van der Waals surface area contributed by atoms with Gasteiger partial charge >= 0.3 is 0 Å². The average Bonchev–Trinajstić information content (AvgIpc) is 3.79. The summed E-state index contributed by atoms with van der Waals surface area (Å²) in [6.45, 7) is 2.58. The fraction of sp³-hybridized carbons (Fsp3) is 0.366. The van der Waals surface area contributed by atoms with E-state index < -0.39 is 17.1 Å². The van der Waals surface area contributed by atoms with Crippen LogP contribution < -0.4 is 14.2 Å². The lowest BCUT2D eigenvalue weighted by Crippen LogP contribution is -2.55. The number of para-hydroxylation sites is 2. The van der Waals surface area contributed by atoms with Crippen molar-refractivity contribution in [1.82, 2.24) is 19.4 Å². The van der Waals surface area contributed by atoms with Crippen LogP contribution in [-0.2, 0) is 17.6 Å². The molecule has 2 N–H and O–H groups in total. The van der Waals surface area contributed by atoms with Gasteiger partial charge in [-0.3, -0.25) is 4.79 Å². The molecule has 0 aliphatic carbocycles. The van der Waals surface area contributed by atoms with Gasteiger partial charge in [-0.25, -0.2) is 9.37 Å². The van der Waals surface area contributed by atoms with E-state index in [0.29, 0.717) is 89.8 Å². The minimum Gasteiger partial charge on any atom is -0.493 e. The Labute approximate surface area is 323 Å². The van der Waals surface area contributed by atoms with Crippen LogP contribution in [0.25, 0.3) is 11.0 Å². The summed E-state index contributed by atoms with van der Waals surface area (Å²) in [4.78, 5) is 22.8. The van der Waals surface area contributed by atoms with Gasteiger partial charge < -0.3 is 38.8 Å². The van der Waals surface area contributed by atoms with Gasteiger partial charge in [0, 0.05) is 43.7 Å². The van der Waals surface area contributed by atoms with E-state index in [9.17, 15) is 19.4 Å². The first-order valence-corrected chi connectivity index (χ1v) is 18.6. The molecule has 4 aromatic carbocycles. The van der Waals surface area contributed by atoms with E-state index in [1.807, 2.05) is 45.9 Å². The summed E-state index contributed by atoms with van der Waals surface area (Å²) in [7, 11) is 4.54. The van der Waals surface area contributed by atoms with E-state index in [0.717, 1.165) is 16.6 Å². The molecule has 1 aromatic heterocycles. The lowest BCUT2D eigenvalue weighted by molar-refractivity contribution is -0.131. The number of ether oxygens (including phenoxy) is 3. The number of aliphatic hydroxyl groups excluding tert-OH is 1. The van der Waals surface area contributed by atoms with Crippen LogP contribution in [0.1, 0.15) is 46.6 Å². The second-order valence-corrected chi connectivity index (χ2v) is 15.0. The van der Waals surface area contributed by atoms with Gasteiger partial charge in [-0.1, -0.05) is 53.5 Å². The van der Waals surface area contributed by atoms with Crippen LogP contribution >= 0.6 is 23.2 Å². The Hall–Kier alpha value is -4.39. The van der Waals surface area contributed by atoms with Gasteiger partial charge in [0.05, 0.1) is 42.4 Å². The molecule has 3 unspecified atom stereocenters. The van der Waals surface area contributed by atoms with E-state index in [1.165, 1.54) is 33.5 Å². The third kappa shape index (κ3) is 7.11. The molecule has 54 heavy (non-hydrogen) atoms. The highest BCUT2D eigenvalue weighted by molar-refractivity contribution is 6.42. The summed E-state index contributed by atoms with van der Waals surface area (Å²) < 4.78 is 32.1. The van der Waals surface area contributed by atoms with Crippen LogP contribution in [-0.4, -0.2) is 95.6 Å². The van der Waals surface area contributed by atoms with Crippen LogP contribution in [0.3, 0.4) is 0 Å². The van der Waals surface area contributed by atoms with E-state index in [1.54, 1.807) is 30.3 Å². The molecule has 2 saturated heterocycles. The van der Waals surface area contributed by atoms with Crippen molar-refractivity contribution in [2.24, 2.45) is 0 Å². The molecule has 2 aliphatic heterocycles. The van der Waals surface area contributed by atoms with Crippen molar-refractivity contribution < 1.29 is 33.6 Å². The lowest BCUT2D eigenvalue weighted by Gasteiger charge is -2.43. The first-order valence-electron chi connectivity index (χ1n) is 17.9. The number of piperidine rings is 1. The zero-order valence-corrected chi connectivity index (χ0v) is 31.9. The maximum absolute atomic E-state index is 14.0. The van der Waals surface area contributed by atoms with E-state index in [-0.39, 0.29) is 24.7 Å². The highest BCUT2D eigenvalue weighted by atomic mass is 35.5. The lowest BCUT2D eigenvalue weighted by atomic mass is 9.76. The minimum atomic E-state index is -1.62. The molecule has 10 nitrogen and oxygen atoms in total. The number of nitrogens with zero attached hydrogens (tertiary/aromatic N) is 4. The van der Waals surface area contributed by atoms with E-state index in [2.05, 4.69) is 4.90 Å². The number of aliphatic hydroxyl groups is 2. The van der Waals surface area contributed by atoms with Crippen molar-refractivity contribution in [3.63, 3.8) is 0 Å². The number of aromatic nitrogens is 2. The Bertz CT molecular complexity index is 2140. The van der Waals surface area contributed by atoms with Crippen molar-refractivity contribution >= 4 is 40.1 Å². The summed E-state index contributed by atoms with van der Waals surface area (Å²) in [5.41, 5.74) is 1.67. The molecule has 3 atom stereocenters. The van der Waals surface area contributed by atoms with Gasteiger partial charge in [-0.2, -0.15) is 0 Å². The largest absolute Gasteiger partial charge is 0.493 e. The second kappa shape index (κ2) is 15.4. The average molecular weight is 778 g/mol. The van der Waals surface area contributed by atoms with Gasteiger partial charge in [0.25, 0.3) is 5.91 Å². The Kier molecular flexibility index (Phi) is 10.8. The standard InChI is InChI=1S/C41H43Cl2FN4O6/c1-52-34-20-27(21-35(53-2)37(34)54-3)38(50)47-19-15-40(25-47,28-10-13-30(42)31(43)22-28)14-17-46-18-16-41(51,36(49)24-46)39-45-32-6-4-5-7-33(32)48(39)23-26-8-11-29(44)12-9-26/h4-13,20-22,36,49,51H,14-19,23-25H2,1-3H3. The Morgan fingerprint density at radius 2 is 1.65 bits per heavy atom. The topological polar surface area (TPSA) is 110 Å². The zero-order chi connectivity index (χ0) is 38.2. The van der Waals surface area contributed by atoms with Crippen molar-refractivity contribution in [2.75, 3.05) is 54.1 Å². The summed E-state index contributed by atoms with van der Waals surface area (Å²) in [5.74, 6) is 1.08. The number of carbonyl (C=O) groups excluding carboxylic acids is 1. The molecule has 7 rings (SSSR count). The molecule has 2 fully saturated rings. The molecule has 2 aliphatic rings. The predicted octanol–water partition coefficient (Wildman–Crippen LogP) is 6.68. The Balaban J connectivity index is 1.12. The number of hydrogen-bond acceptors (Lipinski definition) is 8. The molecular formula is C41H43Cl2FN4O6. The first kappa shape index (κ1) is 37.9. The molecule has 5 aromatic rings. The normalized spacial score (nSPS) is 21.8. The number of halogens is 3. The number of likely N-dealkylation sites (tertiary alicyclic amines) is 2. The zero-order valence-electron chi connectivity index (χ0n) is 30.4. The number of imidazole rings is 1. The number of carbonyl (C=O) groups is 1. The van der Waals surface area contributed by atoms with Gasteiger partial charge in [0.15, 0.2) is 17.1 Å². The minimum absolute atomic E-state index is 0.168. The Morgan fingerprint density at radius 1 is 0.926 bits per heavy atom. The summed E-state index contributed by atoms with van der Waals surface area (Å²) >= 11 is 12.9. The van der Waals surface area contributed by atoms with Crippen LogP contribution in [0.2, 0.25) is 10.0 Å². The molecule has 0 saturated carbocycles. The maximum Gasteiger partial charge on any atom is 0.254 e. The molecule has 0 bridgehead atoms. The summed E-state index contributed by atoms with van der Waals surface area (Å²) in [6, 6.07) is 22.8. The molecule has 284 valence electrons. The van der Waals surface area contributed by atoms with Crippen molar-refractivity contribution in [3.8, 4) is 17.2 Å². The highest BCUT2D eigenvalue weighted by Gasteiger charge is 2.47. The molecule has 0 spiro atoms. The number of amides is 1. The molecule has 13 heteroatoms. The number of β-amino-alcohol motifs (C(OH)–C–C–N with tert-alkyl or cyclic N) is 1. The molecule has 1 amide bonds. The highest BCUT2D eigenvalue weighted by Crippen LogP contribution is 2.43. The number of hydrogen-bond donors (Lipinski definition) is 2. The molecule has 3 heterocycles. The van der Waals surface area contributed by atoms with Gasteiger partial charge in [0.2, 0.25) is 5.75 Å². The van der Waals surface area contributed by atoms with Gasteiger partial charge in [-0.05, 0) is 85.5 Å². The SMILES string of the molecule is COc1cc(C(=O)N2CCC(CCN3CCC(O)(c4nc5ccccc5n4Cc4ccc(F)cc4)C(O)C3)(c3ccc(Cl)c(Cl)c3)C2)cc(OC)c1OC. The van der Waals surface area contributed by atoms with Crippen LogP contribution in [0.15, 0.2) is 78.9 Å². The second-order valence-electron chi connectivity index (χ2n) is 14.2. The third-order valence-electron chi connectivity index (χ3n) is 11.1. The number of rotatable bonds is 11. The van der Waals surface area contributed by atoms with Crippen LogP contribution in [0.5, 0.6) is 17.2 Å². The first-order chi connectivity index (χ1) is 26.0. The molecule has 0 radical (unpaired) electrons. The van der Waals surface area contributed by atoms with Gasteiger partial charge in [0.1, 0.15) is 17.7 Å². The predicted molar refractivity (Wildman–Crippen MR) is 206 cm³/mol. The van der Waals surface area contributed by atoms with Gasteiger partial charge in [-0.15, -0.1) is 0 Å².